The molecule has 17 heavy (non-hydrogen) atoms. The Labute approximate surface area is 118 Å². The van der Waals surface area contributed by atoms with E-state index in [0.29, 0.717) is 17.1 Å². The van der Waals surface area contributed by atoms with Gasteiger partial charge in [0.2, 0.25) is 0 Å². The molecule has 0 saturated carbocycles. The van der Waals surface area contributed by atoms with Gasteiger partial charge < -0.3 is 4.74 Å². The van der Waals surface area contributed by atoms with E-state index >= 15 is 0 Å². The van der Waals surface area contributed by atoms with Crippen LogP contribution in [-0.4, -0.2) is 0 Å². The van der Waals surface area contributed by atoms with E-state index in [0.717, 1.165) is 3.57 Å². The Hall–Kier alpha value is -0.810. The van der Waals surface area contributed by atoms with E-state index in [4.69, 9.17) is 16.3 Å². The van der Waals surface area contributed by atoms with E-state index in [-0.39, 0.29) is 11.7 Å². The lowest BCUT2D eigenvalue weighted by Gasteiger charge is -2.10. The van der Waals surface area contributed by atoms with Crippen molar-refractivity contribution in [2.75, 3.05) is 0 Å². The summed E-state index contributed by atoms with van der Waals surface area (Å²) in [6, 6.07) is 12.2. The molecular formula is C13H9ClFIO. The predicted octanol–water partition coefficient (Wildman–Crippen LogP) is 4.96. The lowest BCUT2D eigenvalue weighted by Crippen LogP contribution is -1.93. The summed E-state index contributed by atoms with van der Waals surface area (Å²) in [6.07, 6.45) is 0. The molecule has 0 atom stereocenters. The van der Waals surface area contributed by atoms with Gasteiger partial charge in [-0.15, -0.1) is 11.6 Å². The predicted molar refractivity (Wildman–Crippen MR) is 75.2 cm³/mol. The van der Waals surface area contributed by atoms with Gasteiger partial charge in [0.15, 0.2) is 0 Å². The molecule has 2 rings (SSSR count). The summed E-state index contributed by atoms with van der Waals surface area (Å²) in [5.41, 5.74) is 0.382. The zero-order valence-electron chi connectivity index (χ0n) is 8.79. The Kier molecular flexibility index (Phi) is 4.23. The minimum absolute atomic E-state index is 0.0897. The normalized spacial score (nSPS) is 10.3. The van der Waals surface area contributed by atoms with E-state index in [2.05, 4.69) is 22.6 Å². The zero-order valence-corrected chi connectivity index (χ0v) is 11.7. The van der Waals surface area contributed by atoms with Crippen LogP contribution in [0.1, 0.15) is 5.56 Å². The molecule has 0 N–H and O–H groups in total. The van der Waals surface area contributed by atoms with Crippen LogP contribution in [0.3, 0.4) is 0 Å². The third kappa shape index (κ3) is 3.10. The smallest absolute Gasteiger partial charge is 0.134 e. The molecule has 0 aliphatic rings. The minimum atomic E-state index is -0.344. The quantitative estimate of drug-likeness (QED) is 0.554. The maximum absolute atomic E-state index is 13.5. The molecule has 0 saturated heterocycles. The highest BCUT2D eigenvalue weighted by Gasteiger charge is 2.09. The molecule has 0 radical (unpaired) electrons. The SMILES string of the molecule is Fc1cccc(Oc2ccc(I)cc2)c1CCl. The third-order valence-corrected chi connectivity index (χ3v) is 3.24. The first-order valence-electron chi connectivity index (χ1n) is 4.97. The molecule has 0 fully saturated rings. The van der Waals surface area contributed by atoms with Crippen LogP contribution in [0.2, 0.25) is 0 Å². The number of alkyl halides is 1. The molecule has 0 aliphatic heterocycles. The average molecular weight is 363 g/mol. The second-order valence-electron chi connectivity index (χ2n) is 3.41. The summed E-state index contributed by atoms with van der Waals surface area (Å²) in [5, 5.41) is 0. The highest BCUT2D eigenvalue weighted by Crippen LogP contribution is 2.28. The van der Waals surface area contributed by atoms with Crippen molar-refractivity contribution in [3.8, 4) is 11.5 Å². The Bertz CT molecular complexity index is 513. The van der Waals surface area contributed by atoms with Gasteiger partial charge in [-0.2, -0.15) is 0 Å². The molecule has 0 bridgehead atoms. The van der Waals surface area contributed by atoms with Crippen LogP contribution in [0.15, 0.2) is 42.5 Å². The lowest BCUT2D eigenvalue weighted by molar-refractivity contribution is 0.470. The first-order chi connectivity index (χ1) is 8.20. The molecule has 4 heteroatoms. The van der Waals surface area contributed by atoms with Crippen molar-refractivity contribution in [1.29, 1.82) is 0 Å². The highest BCUT2D eigenvalue weighted by atomic mass is 127. The number of ether oxygens (including phenoxy) is 1. The van der Waals surface area contributed by atoms with Crippen LogP contribution in [0.25, 0.3) is 0 Å². The Balaban J connectivity index is 2.29. The van der Waals surface area contributed by atoms with Crippen LogP contribution >= 0.6 is 34.2 Å². The topological polar surface area (TPSA) is 9.23 Å². The molecule has 88 valence electrons. The van der Waals surface area contributed by atoms with Crippen molar-refractivity contribution in [2.24, 2.45) is 0 Å². The number of benzene rings is 2. The fourth-order valence-electron chi connectivity index (χ4n) is 1.39. The van der Waals surface area contributed by atoms with E-state index in [9.17, 15) is 4.39 Å². The summed E-state index contributed by atoms with van der Waals surface area (Å²) in [5.74, 6) is 0.874. The van der Waals surface area contributed by atoms with E-state index < -0.39 is 0 Å². The van der Waals surface area contributed by atoms with Gasteiger partial charge in [-0.3, -0.25) is 0 Å². The van der Waals surface area contributed by atoms with Gasteiger partial charge in [-0.05, 0) is 59.0 Å². The van der Waals surface area contributed by atoms with Crippen molar-refractivity contribution in [1.82, 2.24) is 0 Å². The summed E-state index contributed by atoms with van der Waals surface area (Å²) < 4.78 is 20.2. The minimum Gasteiger partial charge on any atom is -0.457 e. The highest BCUT2D eigenvalue weighted by molar-refractivity contribution is 14.1. The summed E-state index contributed by atoms with van der Waals surface area (Å²) in [6.45, 7) is 0. The van der Waals surface area contributed by atoms with Gasteiger partial charge in [0.1, 0.15) is 17.3 Å². The molecule has 1 nitrogen and oxygen atoms in total. The largest absolute Gasteiger partial charge is 0.457 e. The first kappa shape index (κ1) is 12.6. The van der Waals surface area contributed by atoms with Crippen molar-refractivity contribution in [3.05, 3.63) is 57.4 Å². The Morgan fingerprint density at radius 2 is 1.82 bits per heavy atom. The van der Waals surface area contributed by atoms with E-state index in [1.165, 1.54) is 6.07 Å². The van der Waals surface area contributed by atoms with Crippen LogP contribution in [0.5, 0.6) is 11.5 Å². The second kappa shape index (κ2) is 5.69. The number of hydrogen-bond acceptors (Lipinski definition) is 1. The Morgan fingerprint density at radius 1 is 1.12 bits per heavy atom. The zero-order chi connectivity index (χ0) is 12.3. The van der Waals surface area contributed by atoms with Crippen molar-refractivity contribution < 1.29 is 9.13 Å². The Morgan fingerprint density at radius 3 is 2.47 bits per heavy atom. The van der Waals surface area contributed by atoms with Crippen LogP contribution in [0, 0.1) is 9.39 Å². The standard InChI is InChI=1S/C13H9ClFIO/c14-8-11-12(15)2-1-3-13(11)17-10-6-4-9(16)5-7-10/h1-7H,8H2. The molecule has 2 aromatic rings. The van der Waals surface area contributed by atoms with Crippen molar-refractivity contribution >= 4 is 34.2 Å². The molecule has 0 aromatic heterocycles. The van der Waals surface area contributed by atoms with Gasteiger partial charge in [-0.25, -0.2) is 4.39 Å². The first-order valence-corrected chi connectivity index (χ1v) is 6.59. The van der Waals surface area contributed by atoms with E-state index in [1.54, 1.807) is 12.1 Å². The second-order valence-corrected chi connectivity index (χ2v) is 4.92. The number of halogens is 3. The lowest BCUT2D eigenvalue weighted by atomic mass is 10.2. The van der Waals surface area contributed by atoms with Crippen LogP contribution in [-0.2, 0) is 5.88 Å². The molecule has 0 aliphatic carbocycles. The molecule has 2 aromatic carbocycles. The van der Waals surface area contributed by atoms with Crippen LogP contribution in [0.4, 0.5) is 4.39 Å². The number of rotatable bonds is 3. The fraction of sp³-hybridized carbons (Fsp3) is 0.0769. The maximum Gasteiger partial charge on any atom is 0.134 e. The van der Waals surface area contributed by atoms with Gasteiger partial charge >= 0.3 is 0 Å². The molecule has 0 unspecified atom stereocenters. The fourth-order valence-corrected chi connectivity index (χ4v) is 2.01. The summed E-state index contributed by atoms with van der Waals surface area (Å²) in [4.78, 5) is 0. The van der Waals surface area contributed by atoms with Crippen molar-refractivity contribution in [3.63, 3.8) is 0 Å². The summed E-state index contributed by atoms with van der Waals surface area (Å²) in [7, 11) is 0. The number of hydrogen-bond donors (Lipinski definition) is 0. The van der Waals surface area contributed by atoms with Gasteiger partial charge in [0.05, 0.1) is 5.88 Å². The maximum atomic E-state index is 13.5. The molecule has 0 heterocycles. The summed E-state index contributed by atoms with van der Waals surface area (Å²) >= 11 is 7.92. The monoisotopic (exact) mass is 362 g/mol. The van der Waals surface area contributed by atoms with Crippen LogP contribution < -0.4 is 4.74 Å². The molecule has 0 amide bonds. The third-order valence-electron chi connectivity index (χ3n) is 2.25. The molecular weight excluding hydrogens is 353 g/mol. The molecule has 0 spiro atoms. The van der Waals surface area contributed by atoms with Crippen molar-refractivity contribution in [2.45, 2.75) is 5.88 Å². The average Bonchev–Trinajstić information content (AvgIpc) is 2.32. The van der Waals surface area contributed by atoms with Gasteiger partial charge in [-0.1, -0.05) is 6.07 Å². The van der Waals surface area contributed by atoms with Gasteiger partial charge in [0.25, 0.3) is 0 Å². The van der Waals surface area contributed by atoms with Gasteiger partial charge in [0, 0.05) is 9.13 Å². The van der Waals surface area contributed by atoms with E-state index in [1.807, 2.05) is 24.3 Å².